The number of hydrogen-bond acceptors (Lipinski definition) is 0. The van der Waals surface area contributed by atoms with E-state index in [4.69, 9.17) is 12.8 Å². The van der Waals surface area contributed by atoms with Crippen molar-refractivity contribution in [3.8, 4) is 0 Å². The molecule has 0 N–H and O–H groups in total. The van der Waals surface area contributed by atoms with Crippen LogP contribution in [0.25, 0.3) is 0 Å². The normalized spacial score (nSPS) is 2.50. The Morgan fingerprint density at radius 1 is 1.25 bits per heavy atom. The third-order valence-corrected chi connectivity index (χ3v) is 0. The first-order valence-corrected chi connectivity index (χ1v) is 6.61. The van der Waals surface area contributed by atoms with E-state index in [1.54, 1.807) is 0 Å². The molecule has 0 fully saturated rings. The van der Waals surface area contributed by atoms with Crippen molar-refractivity contribution in [3.63, 3.8) is 0 Å². The van der Waals surface area contributed by atoms with Crippen molar-refractivity contribution in [2.45, 2.75) is 0 Å². The second-order valence-electron chi connectivity index (χ2n) is 0.101. The van der Waals surface area contributed by atoms with Crippen LogP contribution in [0.4, 0.5) is 0 Å². The Morgan fingerprint density at radius 2 is 1.25 bits per heavy atom. The van der Waals surface area contributed by atoms with Gasteiger partial charge in [-0.15, -0.1) is 0 Å². The van der Waals surface area contributed by atoms with Crippen molar-refractivity contribution in [1.29, 1.82) is 0 Å². The van der Waals surface area contributed by atoms with Crippen LogP contribution in [0.15, 0.2) is 0 Å². The Kier molecular flexibility index (Phi) is 20.9. The summed E-state index contributed by atoms with van der Waals surface area (Å²) < 4.78 is 0. The molecule has 20 valence electrons. The van der Waals surface area contributed by atoms with Gasteiger partial charge in [0.2, 0.25) is 0 Å². The van der Waals surface area contributed by atoms with Crippen molar-refractivity contribution in [3.05, 3.63) is 0 Å². The maximum absolute atomic E-state index is 4.95. The van der Waals surface area contributed by atoms with E-state index >= 15 is 0 Å². The van der Waals surface area contributed by atoms with Crippen LogP contribution >= 0.6 is 12.8 Å². The Balaban J connectivity index is 0. The van der Waals surface area contributed by atoms with Gasteiger partial charge in [-0.2, -0.15) is 0 Å². The first-order chi connectivity index (χ1) is 1.41. The molecule has 0 spiro atoms. The van der Waals surface area contributed by atoms with Crippen molar-refractivity contribution in [2.75, 3.05) is 0 Å². The number of rotatable bonds is 0. The molecular weight excluding hydrogens is 120 g/mol. The molecule has 0 amide bonds. The predicted octanol–water partition coefficient (Wildman–Crippen LogP) is 0.0820. The number of hydrogen-bond donors (Lipinski definition) is 0. The van der Waals surface area contributed by atoms with Crippen LogP contribution in [0.5, 0.6) is 0 Å². The van der Waals surface area contributed by atoms with Gasteiger partial charge in [0.1, 0.15) is 0 Å². The van der Waals surface area contributed by atoms with E-state index in [1.807, 2.05) is 0 Å². The van der Waals surface area contributed by atoms with E-state index in [0.717, 1.165) is 0 Å². The Morgan fingerprint density at radius 3 is 1.25 bits per heavy atom. The molecule has 0 bridgehead atoms. The van der Waals surface area contributed by atoms with Crippen LogP contribution in [0.1, 0.15) is 0 Å². The van der Waals surface area contributed by atoms with Crippen molar-refractivity contribution >= 4 is 53.7 Å². The van der Waals surface area contributed by atoms with E-state index in [1.165, 1.54) is 0 Å². The number of halogens is 2. The standard InChI is InChI=1S/Be.Ca.2ClH.2H/h;;2*1H;;/q;+2;;;;/p-2. The van der Waals surface area contributed by atoms with Crippen molar-refractivity contribution in [2.24, 2.45) is 0 Å². The summed E-state index contributed by atoms with van der Waals surface area (Å²) in [6.45, 7) is 0. The molecule has 0 heterocycles. The molecule has 0 aromatic rings. The second kappa shape index (κ2) is 8.89. The molecule has 0 radical (unpaired) electrons. The van der Waals surface area contributed by atoms with Gasteiger partial charge in [-0.3, -0.25) is 0 Å². The fourth-order valence-corrected chi connectivity index (χ4v) is 0. The molecule has 0 aliphatic rings. The van der Waals surface area contributed by atoms with Gasteiger partial charge in [0.15, 0.2) is 0 Å². The molecule has 0 aromatic heterocycles. The average molecular weight is 122 g/mol. The van der Waals surface area contributed by atoms with E-state index in [0.29, 0.717) is 0 Å². The minimum absolute atomic E-state index is 0. The average Bonchev–Trinajstić information content (AvgIpc) is 0.918. The Labute approximate surface area is 52.8 Å². The predicted molar refractivity (Wildman–Crippen MR) is 26.0 cm³/mol. The summed E-state index contributed by atoms with van der Waals surface area (Å²) in [5.74, 6) is 0. The SMILES string of the molecule is [BeH2].[Cl][Ca][Cl]. The fourth-order valence-electron chi connectivity index (χ4n) is 0. The Bertz CT molecular complexity index is 6.00. The van der Waals surface area contributed by atoms with Crippen LogP contribution in [-0.2, 0) is 0 Å². The zero-order valence-corrected chi connectivity index (χ0v) is 5.18. The van der Waals surface area contributed by atoms with E-state index in [9.17, 15) is 0 Å². The van der Waals surface area contributed by atoms with Crippen LogP contribution < -0.4 is 0 Å². The molecule has 0 aliphatic carbocycles. The topological polar surface area (TPSA) is 0 Å². The first-order valence-electron chi connectivity index (χ1n) is 0.535. The molecule has 0 aromatic carbocycles. The van der Waals surface area contributed by atoms with E-state index in [-0.39, 0.29) is 10.1 Å². The molecule has 4 heteroatoms. The van der Waals surface area contributed by atoms with Gasteiger partial charge >= 0.3 is 53.7 Å². The van der Waals surface area contributed by atoms with Gasteiger partial charge < -0.3 is 0 Å². The third-order valence-electron chi connectivity index (χ3n) is 0. The van der Waals surface area contributed by atoms with Crippen molar-refractivity contribution < 1.29 is 0 Å². The monoisotopic (exact) mass is 121 g/mol. The summed E-state index contributed by atoms with van der Waals surface area (Å²) in [7, 11) is 0. The van der Waals surface area contributed by atoms with Crippen molar-refractivity contribution in [1.82, 2.24) is 0 Å². The van der Waals surface area contributed by atoms with Gasteiger partial charge in [-0.05, 0) is 0 Å². The molecule has 0 rings (SSSR count). The second-order valence-corrected chi connectivity index (χ2v) is 3.75. The van der Waals surface area contributed by atoms with Crippen LogP contribution in [0.3, 0.4) is 0 Å². The summed E-state index contributed by atoms with van der Waals surface area (Å²) in [5.41, 5.74) is 0. The Hall–Kier alpha value is 2.01. The van der Waals surface area contributed by atoms with E-state index < -0.39 is 30.8 Å². The zero-order valence-electron chi connectivity index (χ0n) is 1.46. The van der Waals surface area contributed by atoms with E-state index in [2.05, 4.69) is 0 Å². The van der Waals surface area contributed by atoms with Gasteiger partial charge in [-0.1, -0.05) is 0 Å². The summed E-state index contributed by atoms with van der Waals surface area (Å²) in [6.07, 6.45) is 9.90. The van der Waals surface area contributed by atoms with Crippen LogP contribution in [0.2, 0.25) is 0 Å². The van der Waals surface area contributed by atoms with Gasteiger partial charge in [0.25, 0.3) is 0 Å². The zero-order chi connectivity index (χ0) is 2.71. The summed E-state index contributed by atoms with van der Waals surface area (Å²) >= 11 is -0.931. The molecule has 0 aliphatic heterocycles. The van der Waals surface area contributed by atoms with Crippen LogP contribution in [0, 0.1) is 0 Å². The van der Waals surface area contributed by atoms with Gasteiger partial charge in [-0.25, -0.2) is 0 Å². The first kappa shape index (κ1) is 9.38. The summed E-state index contributed by atoms with van der Waals surface area (Å²) in [4.78, 5) is 0. The molecule has 0 nitrogen and oxygen atoms in total. The maximum atomic E-state index is 4.95. The van der Waals surface area contributed by atoms with Crippen LogP contribution in [-0.4, -0.2) is 41.0 Å². The fraction of sp³-hybridized carbons (Fsp3) is 0. The minimum atomic E-state index is -0.931. The molecule has 0 unspecified atom stereocenters. The van der Waals surface area contributed by atoms with Gasteiger partial charge in [0, 0.05) is 0 Å². The molecule has 4 heavy (non-hydrogen) atoms. The third kappa shape index (κ3) is 8.99. The molecule has 0 atom stereocenters. The molecule has 0 saturated heterocycles. The summed E-state index contributed by atoms with van der Waals surface area (Å²) in [6, 6.07) is 0. The molecular formula is H2BeCaCl2. The van der Waals surface area contributed by atoms with Gasteiger partial charge in [0.05, 0.1) is 0 Å². The summed E-state index contributed by atoms with van der Waals surface area (Å²) in [5, 5.41) is 0. The quantitative estimate of drug-likeness (QED) is 0.399. The molecule has 0 saturated carbocycles.